The Kier molecular flexibility index (Phi) is 4.39. The summed E-state index contributed by atoms with van der Waals surface area (Å²) >= 11 is 7.37. The van der Waals surface area contributed by atoms with Crippen LogP contribution in [0.1, 0.15) is 16.5 Å². The molecule has 2 rings (SSSR count). The van der Waals surface area contributed by atoms with E-state index in [4.69, 9.17) is 16.3 Å². The second kappa shape index (κ2) is 5.86. The van der Waals surface area contributed by atoms with Crippen LogP contribution in [-0.2, 0) is 0 Å². The highest BCUT2D eigenvalue weighted by atomic mass is 35.5. The maximum Gasteiger partial charge on any atom is 0.134 e. The summed E-state index contributed by atoms with van der Waals surface area (Å²) in [6, 6.07) is 3.39. The third-order valence-corrected chi connectivity index (χ3v) is 4.20. The van der Waals surface area contributed by atoms with Crippen molar-refractivity contribution in [2.75, 3.05) is 14.2 Å². The molecule has 1 aromatic heterocycles. The molecule has 1 N–H and O–H groups in total. The monoisotopic (exact) mass is 303 g/mol. The van der Waals surface area contributed by atoms with E-state index in [1.165, 1.54) is 18.4 Å². The molecule has 1 heterocycles. The summed E-state index contributed by atoms with van der Waals surface area (Å²) < 4.78 is 33.0. The second-order valence-corrected chi connectivity index (χ2v) is 5.21. The van der Waals surface area contributed by atoms with Crippen LogP contribution in [0.4, 0.5) is 8.78 Å². The van der Waals surface area contributed by atoms with Gasteiger partial charge in [-0.2, -0.15) is 0 Å². The summed E-state index contributed by atoms with van der Waals surface area (Å²) in [5.41, 5.74) is -0.0624. The number of methoxy groups -OCH3 is 1. The smallest absolute Gasteiger partial charge is 0.134 e. The fraction of sp³-hybridized carbons (Fsp3) is 0.231. The Bertz CT molecular complexity index is 565. The minimum atomic E-state index is -0.666. The lowest BCUT2D eigenvalue weighted by Gasteiger charge is -2.18. The first kappa shape index (κ1) is 14.2. The van der Waals surface area contributed by atoms with E-state index in [9.17, 15) is 8.78 Å². The van der Waals surface area contributed by atoms with Gasteiger partial charge >= 0.3 is 0 Å². The van der Waals surface area contributed by atoms with Crippen LogP contribution >= 0.6 is 22.9 Å². The first-order chi connectivity index (χ1) is 9.08. The van der Waals surface area contributed by atoms with Crippen molar-refractivity contribution >= 4 is 22.9 Å². The summed E-state index contributed by atoms with van der Waals surface area (Å²) in [6.45, 7) is 0. The molecule has 1 atom stereocenters. The van der Waals surface area contributed by atoms with Crippen molar-refractivity contribution in [3.63, 3.8) is 0 Å². The minimum Gasteiger partial charge on any atom is -0.497 e. The van der Waals surface area contributed by atoms with E-state index in [1.807, 2.05) is 0 Å². The van der Waals surface area contributed by atoms with Crippen LogP contribution in [0.2, 0.25) is 5.02 Å². The van der Waals surface area contributed by atoms with Gasteiger partial charge in [0, 0.05) is 22.6 Å². The molecule has 1 aromatic carbocycles. The molecule has 0 spiro atoms. The van der Waals surface area contributed by atoms with Gasteiger partial charge in [-0.15, -0.1) is 11.3 Å². The van der Waals surface area contributed by atoms with E-state index < -0.39 is 17.7 Å². The number of hydrogen-bond donors (Lipinski definition) is 1. The third-order valence-electron chi connectivity index (χ3n) is 2.77. The molecule has 0 fully saturated rings. The molecule has 19 heavy (non-hydrogen) atoms. The van der Waals surface area contributed by atoms with Crippen molar-refractivity contribution < 1.29 is 13.5 Å². The predicted octanol–water partition coefficient (Wildman–Crippen LogP) is 4.00. The van der Waals surface area contributed by atoms with Gasteiger partial charge in [0.05, 0.1) is 18.2 Å². The van der Waals surface area contributed by atoms with E-state index in [0.717, 1.165) is 12.1 Å². The lowest BCUT2D eigenvalue weighted by Crippen LogP contribution is -2.20. The first-order valence-electron chi connectivity index (χ1n) is 5.51. The molecule has 0 aliphatic heterocycles. The average molecular weight is 304 g/mol. The maximum atomic E-state index is 14.1. The molecule has 1 unspecified atom stereocenters. The zero-order valence-electron chi connectivity index (χ0n) is 10.3. The molecule has 0 saturated heterocycles. The average Bonchev–Trinajstić information content (AvgIpc) is 2.79. The van der Waals surface area contributed by atoms with E-state index in [2.05, 4.69) is 5.32 Å². The summed E-state index contributed by atoms with van der Waals surface area (Å²) in [5.74, 6) is -1.19. The predicted molar refractivity (Wildman–Crippen MR) is 73.1 cm³/mol. The van der Waals surface area contributed by atoms with Crippen molar-refractivity contribution in [3.8, 4) is 5.75 Å². The first-order valence-corrected chi connectivity index (χ1v) is 6.77. The molecule has 102 valence electrons. The number of halogens is 3. The van der Waals surface area contributed by atoms with Gasteiger partial charge in [-0.05, 0) is 18.5 Å². The van der Waals surface area contributed by atoms with E-state index in [1.54, 1.807) is 18.5 Å². The lowest BCUT2D eigenvalue weighted by molar-refractivity contribution is 0.403. The van der Waals surface area contributed by atoms with Crippen LogP contribution in [-0.4, -0.2) is 14.2 Å². The maximum absolute atomic E-state index is 14.1. The third kappa shape index (κ3) is 2.73. The second-order valence-electron chi connectivity index (χ2n) is 3.86. The van der Waals surface area contributed by atoms with Crippen LogP contribution in [0.25, 0.3) is 0 Å². The quantitative estimate of drug-likeness (QED) is 0.922. The van der Waals surface area contributed by atoms with Crippen LogP contribution in [0.5, 0.6) is 5.75 Å². The van der Waals surface area contributed by atoms with Gasteiger partial charge in [0.25, 0.3) is 0 Å². The molecule has 2 aromatic rings. The van der Waals surface area contributed by atoms with Gasteiger partial charge in [0.15, 0.2) is 0 Å². The van der Waals surface area contributed by atoms with E-state index >= 15 is 0 Å². The van der Waals surface area contributed by atoms with Gasteiger partial charge < -0.3 is 10.1 Å². The van der Waals surface area contributed by atoms with Crippen molar-refractivity contribution in [1.29, 1.82) is 0 Å². The molecule has 0 saturated carbocycles. The normalized spacial score (nSPS) is 12.5. The van der Waals surface area contributed by atoms with Crippen LogP contribution in [0, 0.1) is 11.6 Å². The molecule has 0 amide bonds. The lowest BCUT2D eigenvalue weighted by atomic mass is 10.0. The van der Waals surface area contributed by atoms with E-state index in [-0.39, 0.29) is 11.3 Å². The Morgan fingerprint density at radius 1 is 1.32 bits per heavy atom. The molecular weight excluding hydrogens is 292 g/mol. The number of ether oxygens (including phenoxy) is 1. The molecule has 2 nitrogen and oxygen atoms in total. The van der Waals surface area contributed by atoms with E-state index in [0.29, 0.717) is 9.90 Å². The highest BCUT2D eigenvalue weighted by Crippen LogP contribution is 2.36. The highest BCUT2D eigenvalue weighted by molar-refractivity contribution is 7.10. The Morgan fingerprint density at radius 2 is 1.95 bits per heavy atom. The summed E-state index contributed by atoms with van der Waals surface area (Å²) in [4.78, 5) is 0.673. The van der Waals surface area contributed by atoms with Crippen molar-refractivity contribution in [1.82, 2.24) is 5.32 Å². The van der Waals surface area contributed by atoms with Crippen LogP contribution in [0.15, 0.2) is 23.6 Å². The summed E-state index contributed by atoms with van der Waals surface area (Å²) in [6.07, 6.45) is 0. The Labute approximate surface area is 119 Å². The summed E-state index contributed by atoms with van der Waals surface area (Å²) in [7, 11) is 2.99. The topological polar surface area (TPSA) is 21.3 Å². The van der Waals surface area contributed by atoms with Gasteiger partial charge in [-0.1, -0.05) is 11.6 Å². The minimum absolute atomic E-state index is 0.0624. The number of benzene rings is 1. The molecule has 0 bridgehead atoms. The van der Waals surface area contributed by atoms with Gasteiger partial charge in [0.2, 0.25) is 0 Å². The molecule has 0 aliphatic rings. The van der Waals surface area contributed by atoms with Crippen molar-refractivity contribution in [2.45, 2.75) is 6.04 Å². The number of rotatable bonds is 4. The highest BCUT2D eigenvalue weighted by Gasteiger charge is 2.24. The van der Waals surface area contributed by atoms with Gasteiger partial charge in [-0.3, -0.25) is 0 Å². The van der Waals surface area contributed by atoms with Gasteiger partial charge in [0.1, 0.15) is 17.4 Å². The number of thiophene rings is 1. The summed E-state index contributed by atoms with van der Waals surface area (Å²) in [5, 5.41) is 5.15. The molecular formula is C13H12ClF2NOS. The van der Waals surface area contributed by atoms with Crippen molar-refractivity contribution in [2.24, 2.45) is 0 Å². The number of nitrogens with one attached hydrogen (secondary N) is 1. The molecule has 6 heteroatoms. The standard InChI is InChI=1S/C13H12ClF2NOS/c1-17-12(13-8(14)3-4-19-13)11-9(15)5-7(18-2)6-10(11)16/h3-6,12,17H,1-2H3. The van der Waals surface area contributed by atoms with Gasteiger partial charge in [-0.25, -0.2) is 8.78 Å². The Hall–Kier alpha value is -1.17. The zero-order chi connectivity index (χ0) is 14.0. The van der Waals surface area contributed by atoms with Crippen LogP contribution in [0.3, 0.4) is 0 Å². The Balaban J connectivity index is 2.53. The SMILES string of the molecule is CNC(c1sccc1Cl)c1c(F)cc(OC)cc1F. The fourth-order valence-electron chi connectivity index (χ4n) is 1.87. The molecule has 0 radical (unpaired) electrons. The zero-order valence-corrected chi connectivity index (χ0v) is 11.9. The molecule has 0 aliphatic carbocycles. The van der Waals surface area contributed by atoms with Crippen molar-refractivity contribution in [3.05, 3.63) is 50.7 Å². The Morgan fingerprint density at radius 3 is 2.37 bits per heavy atom. The van der Waals surface area contributed by atoms with Crippen LogP contribution < -0.4 is 10.1 Å². The number of hydrogen-bond acceptors (Lipinski definition) is 3. The largest absolute Gasteiger partial charge is 0.497 e. The fourth-order valence-corrected chi connectivity index (χ4v) is 3.16.